The Morgan fingerprint density at radius 2 is 1.95 bits per heavy atom. The van der Waals surface area contributed by atoms with E-state index >= 15 is 0 Å². The number of nitrogens with one attached hydrogen (secondary N) is 1. The second-order valence-corrected chi connectivity index (χ2v) is 5.76. The molecule has 1 aliphatic carbocycles. The molecule has 2 unspecified atom stereocenters. The van der Waals surface area contributed by atoms with Crippen molar-refractivity contribution < 1.29 is 4.74 Å². The number of fused-ring (bicyclic) bond motifs is 1. The van der Waals surface area contributed by atoms with Gasteiger partial charge in [-0.25, -0.2) is 0 Å². The number of rotatable bonds is 4. The summed E-state index contributed by atoms with van der Waals surface area (Å²) in [5.41, 5.74) is 4.07. The van der Waals surface area contributed by atoms with E-state index < -0.39 is 0 Å². The van der Waals surface area contributed by atoms with E-state index in [2.05, 4.69) is 54.7 Å². The number of hydrogen-bond acceptors (Lipinski definition) is 2. The molecule has 1 aliphatic rings. The number of ether oxygens (including phenoxy) is 1. The van der Waals surface area contributed by atoms with Crippen LogP contribution in [0.25, 0.3) is 0 Å². The molecule has 2 atom stereocenters. The van der Waals surface area contributed by atoms with Crippen LogP contribution in [0, 0.1) is 0 Å². The monoisotopic (exact) mass is 281 g/mol. The van der Waals surface area contributed by atoms with Crippen LogP contribution in [0.1, 0.15) is 48.6 Å². The zero-order valence-corrected chi connectivity index (χ0v) is 12.8. The normalized spacial score (nSPS) is 18.9. The van der Waals surface area contributed by atoms with Crippen LogP contribution in [0.2, 0.25) is 0 Å². The third kappa shape index (κ3) is 3.11. The highest BCUT2D eigenvalue weighted by Gasteiger charge is 2.19. The number of benzene rings is 2. The zero-order chi connectivity index (χ0) is 14.7. The van der Waals surface area contributed by atoms with Crippen LogP contribution >= 0.6 is 0 Å². The fourth-order valence-corrected chi connectivity index (χ4v) is 3.15. The van der Waals surface area contributed by atoms with Gasteiger partial charge in [0.05, 0.1) is 0 Å². The maximum atomic E-state index is 6.13. The molecule has 0 aromatic heterocycles. The second-order valence-electron chi connectivity index (χ2n) is 5.76. The third-order valence-electron chi connectivity index (χ3n) is 4.36. The van der Waals surface area contributed by atoms with Crippen LogP contribution < -0.4 is 10.1 Å². The van der Waals surface area contributed by atoms with Crippen molar-refractivity contribution in [1.29, 1.82) is 0 Å². The fourth-order valence-electron chi connectivity index (χ4n) is 3.15. The van der Waals surface area contributed by atoms with Gasteiger partial charge in [-0.15, -0.1) is 0 Å². The van der Waals surface area contributed by atoms with Gasteiger partial charge in [0.15, 0.2) is 0 Å². The molecule has 0 radical (unpaired) electrons. The van der Waals surface area contributed by atoms with Gasteiger partial charge in [-0.1, -0.05) is 36.4 Å². The largest absolute Gasteiger partial charge is 0.486 e. The van der Waals surface area contributed by atoms with Crippen LogP contribution in [0.15, 0.2) is 48.5 Å². The van der Waals surface area contributed by atoms with Crippen molar-refractivity contribution in [2.45, 2.75) is 38.3 Å². The summed E-state index contributed by atoms with van der Waals surface area (Å²) in [5, 5.41) is 3.42. The minimum atomic E-state index is 0.0703. The topological polar surface area (TPSA) is 21.3 Å². The summed E-state index contributed by atoms with van der Waals surface area (Å²) in [6.07, 6.45) is 3.73. The van der Waals surface area contributed by atoms with Crippen molar-refractivity contribution in [2.24, 2.45) is 0 Å². The molecule has 3 rings (SSSR count). The van der Waals surface area contributed by atoms with Gasteiger partial charge in [0.1, 0.15) is 11.9 Å². The Kier molecular flexibility index (Phi) is 4.26. The summed E-state index contributed by atoms with van der Waals surface area (Å²) in [6, 6.07) is 17.4. The van der Waals surface area contributed by atoms with Gasteiger partial charge in [0.25, 0.3) is 0 Å². The van der Waals surface area contributed by atoms with Crippen molar-refractivity contribution in [3.63, 3.8) is 0 Å². The molecule has 0 heterocycles. The molecule has 0 saturated carbocycles. The van der Waals surface area contributed by atoms with E-state index in [4.69, 9.17) is 4.74 Å². The summed E-state index contributed by atoms with van der Waals surface area (Å²) in [4.78, 5) is 0. The summed E-state index contributed by atoms with van der Waals surface area (Å²) >= 11 is 0. The Labute approximate surface area is 127 Å². The maximum absolute atomic E-state index is 6.13. The average Bonchev–Trinajstić information content (AvgIpc) is 2.55. The van der Waals surface area contributed by atoms with E-state index in [1.165, 1.54) is 36.0 Å². The van der Waals surface area contributed by atoms with Crippen molar-refractivity contribution in [3.05, 3.63) is 65.2 Å². The smallest absolute Gasteiger partial charge is 0.121 e. The Balaban J connectivity index is 1.80. The second kappa shape index (κ2) is 6.31. The first-order valence-electron chi connectivity index (χ1n) is 7.79. The van der Waals surface area contributed by atoms with Gasteiger partial charge in [0, 0.05) is 6.04 Å². The van der Waals surface area contributed by atoms with Crippen LogP contribution in [-0.4, -0.2) is 7.05 Å². The van der Waals surface area contributed by atoms with Gasteiger partial charge >= 0.3 is 0 Å². The molecule has 2 aromatic rings. The fraction of sp³-hybridized carbons (Fsp3) is 0.368. The van der Waals surface area contributed by atoms with Gasteiger partial charge in [-0.2, -0.15) is 0 Å². The van der Waals surface area contributed by atoms with Crippen molar-refractivity contribution >= 4 is 0 Å². The summed E-state index contributed by atoms with van der Waals surface area (Å²) < 4.78 is 6.13. The highest BCUT2D eigenvalue weighted by Crippen LogP contribution is 2.33. The molecular weight excluding hydrogens is 258 g/mol. The molecular formula is C19H23NO. The van der Waals surface area contributed by atoms with Crippen molar-refractivity contribution in [1.82, 2.24) is 5.32 Å². The first-order chi connectivity index (χ1) is 10.3. The van der Waals surface area contributed by atoms with E-state index in [1.54, 1.807) is 0 Å². The van der Waals surface area contributed by atoms with Crippen LogP contribution in [0.5, 0.6) is 5.75 Å². The van der Waals surface area contributed by atoms with Gasteiger partial charge in [-0.05, 0) is 62.1 Å². The molecule has 0 bridgehead atoms. The lowest BCUT2D eigenvalue weighted by atomic mass is 9.87. The summed E-state index contributed by atoms with van der Waals surface area (Å²) in [5.74, 6) is 0.965. The molecule has 21 heavy (non-hydrogen) atoms. The molecule has 0 fully saturated rings. The van der Waals surface area contributed by atoms with Crippen LogP contribution in [-0.2, 0) is 6.42 Å². The van der Waals surface area contributed by atoms with Crippen molar-refractivity contribution in [2.75, 3.05) is 7.05 Å². The Hall–Kier alpha value is -1.80. The van der Waals surface area contributed by atoms with Crippen molar-refractivity contribution in [3.8, 4) is 5.75 Å². The third-order valence-corrected chi connectivity index (χ3v) is 4.36. The lowest BCUT2D eigenvalue weighted by molar-refractivity contribution is 0.226. The molecule has 0 aliphatic heterocycles. The maximum Gasteiger partial charge on any atom is 0.121 e. The molecule has 1 N–H and O–H groups in total. The number of hydrogen-bond donors (Lipinski definition) is 1. The SMILES string of the molecule is CNC1CCCc2ccc(OC(C)c3ccccc3)cc21. The van der Waals surface area contributed by atoms with Gasteiger partial charge < -0.3 is 10.1 Å². The lowest BCUT2D eigenvalue weighted by Gasteiger charge is -2.26. The minimum absolute atomic E-state index is 0.0703. The molecule has 0 saturated heterocycles. The minimum Gasteiger partial charge on any atom is -0.486 e. The first-order valence-corrected chi connectivity index (χ1v) is 7.79. The van der Waals surface area contributed by atoms with E-state index in [1.807, 2.05) is 13.1 Å². The van der Waals surface area contributed by atoms with E-state index in [-0.39, 0.29) is 6.10 Å². The van der Waals surface area contributed by atoms with E-state index in [0.717, 1.165) is 5.75 Å². The Bertz CT molecular complexity index is 594. The summed E-state index contributed by atoms with van der Waals surface area (Å²) in [7, 11) is 2.04. The molecule has 0 spiro atoms. The van der Waals surface area contributed by atoms with Gasteiger partial charge in [-0.3, -0.25) is 0 Å². The quantitative estimate of drug-likeness (QED) is 0.895. The van der Waals surface area contributed by atoms with E-state index in [9.17, 15) is 0 Å². The highest BCUT2D eigenvalue weighted by molar-refractivity contribution is 5.39. The van der Waals surface area contributed by atoms with Crippen LogP contribution in [0.4, 0.5) is 0 Å². The van der Waals surface area contributed by atoms with Crippen LogP contribution in [0.3, 0.4) is 0 Å². The average molecular weight is 281 g/mol. The Morgan fingerprint density at radius 3 is 2.71 bits per heavy atom. The highest BCUT2D eigenvalue weighted by atomic mass is 16.5. The molecule has 2 aromatic carbocycles. The van der Waals surface area contributed by atoms with Gasteiger partial charge in [0.2, 0.25) is 0 Å². The number of aryl methyl sites for hydroxylation is 1. The lowest BCUT2D eigenvalue weighted by Crippen LogP contribution is -2.21. The molecule has 2 nitrogen and oxygen atoms in total. The van der Waals surface area contributed by atoms with E-state index in [0.29, 0.717) is 6.04 Å². The predicted octanol–water partition coefficient (Wildman–Crippen LogP) is 4.42. The Morgan fingerprint density at radius 1 is 1.14 bits per heavy atom. The standard InChI is InChI=1S/C19H23NO/c1-14(15-7-4-3-5-8-15)21-17-12-11-16-9-6-10-19(20-2)18(16)13-17/h3-5,7-8,11-14,19-20H,6,9-10H2,1-2H3. The first kappa shape index (κ1) is 14.2. The molecule has 2 heteroatoms. The predicted molar refractivity (Wildman–Crippen MR) is 86.7 cm³/mol. The molecule has 0 amide bonds. The molecule has 110 valence electrons. The zero-order valence-electron chi connectivity index (χ0n) is 12.8. The summed E-state index contributed by atoms with van der Waals surface area (Å²) in [6.45, 7) is 2.10.